The van der Waals surface area contributed by atoms with Crippen molar-refractivity contribution in [2.45, 2.75) is 42.8 Å². The summed E-state index contributed by atoms with van der Waals surface area (Å²) in [5, 5.41) is 14.3. The molecule has 0 aliphatic carbocycles. The largest absolute Gasteiger partial charge is 0.360 e. The van der Waals surface area contributed by atoms with Gasteiger partial charge < -0.3 is 10.2 Å². The molecule has 3 heterocycles. The van der Waals surface area contributed by atoms with Crippen LogP contribution in [-0.2, 0) is 17.8 Å². The number of hydrogen-bond donors (Lipinski definition) is 1. The van der Waals surface area contributed by atoms with Crippen LogP contribution in [0, 0.1) is 0 Å². The van der Waals surface area contributed by atoms with Crippen molar-refractivity contribution in [2.75, 3.05) is 18.4 Å². The van der Waals surface area contributed by atoms with Crippen molar-refractivity contribution in [3.8, 4) is 0 Å². The van der Waals surface area contributed by atoms with Gasteiger partial charge in [0, 0.05) is 24.5 Å². The molecule has 23 heavy (non-hydrogen) atoms. The first-order chi connectivity index (χ1) is 11.2. The highest BCUT2D eigenvalue weighted by Crippen LogP contribution is 2.31. The van der Waals surface area contributed by atoms with E-state index in [4.69, 9.17) is 0 Å². The van der Waals surface area contributed by atoms with Gasteiger partial charge >= 0.3 is 0 Å². The standard InChI is InChI=1S/C15H20N4OS3/c1-3-6-16-14-17-18-15(23-14)22-10(2)13(20)19-7-4-12-11(9-19)5-8-21-12/h5,8,10H,3-4,6-7,9H2,1-2H3,(H,16,17). The molecular formula is C15H20N4OS3. The maximum Gasteiger partial charge on any atom is 0.236 e. The molecule has 1 amide bonds. The Kier molecular flexibility index (Phi) is 5.55. The van der Waals surface area contributed by atoms with E-state index >= 15 is 0 Å². The van der Waals surface area contributed by atoms with Crippen molar-refractivity contribution < 1.29 is 4.79 Å². The number of thiophene rings is 1. The SMILES string of the molecule is CCCNc1nnc(SC(C)C(=O)N2CCc3sccc3C2)s1. The molecule has 2 aromatic rings. The van der Waals surface area contributed by atoms with E-state index in [2.05, 4.69) is 33.9 Å². The van der Waals surface area contributed by atoms with E-state index in [0.29, 0.717) is 0 Å². The van der Waals surface area contributed by atoms with Gasteiger partial charge in [-0.3, -0.25) is 4.79 Å². The lowest BCUT2D eigenvalue weighted by molar-refractivity contribution is -0.131. The highest BCUT2D eigenvalue weighted by Gasteiger charge is 2.26. The molecule has 0 fully saturated rings. The topological polar surface area (TPSA) is 58.1 Å². The zero-order chi connectivity index (χ0) is 16.2. The molecule has 0 spiro atoms. The maximum atomic E-state index is 12.7. The number of hydrogen-bond acceptors (Lipinski definition) is 7. The number of nitrogens with zero attached hydrogens (tertiary/aromatic N) is 3. The van der Waals surface area contributed by atoms with Crippen LogP contribution in [0.25, 0.3) is 0 Å². The molecule has 0 radical (unpaired) electrons. The molecule has 124 valence electrons. The summed E-state index contributed by atoms with van der Waals surface area (Å²) in [5.74, 6) is 0.185. The van der Waals surface area contributed by atoms with Crippen LogP contribution in [0.3, 0.4) is 0 Å². The van der Waals surface area contributed by atoms with Crippen LogP contribution in [0.4, 0.5) is 5.13 Å². The number of rotatable bonds is 6. The third-order valence-electron chi connectivity index (χ3n) is 3.68. The van der Waals surface area contributed by atoms with Crippen molar-refractivity contribution in [3.05, 3.63) is 21.9 Å². The van der Waals surface area contributed by atoms with Crippen LogP contribution in [0.5, 0.6) is 0 Å². The van der Waals surface area contributed by atoms with Crippen LogP contribution < -0.4 is 5.32 Å². The zero-order valence-corrected chi connectivity index (χ0v) is 15.7. The average molecular weight is 369 g/mol. The smallest absolute Gasteiger partial charge is 0.236 e. The molecule has 2 aromatic heterocycles. The number of thioether (sulfide) groups is 1. The van der Waals surface area contributed by atoms with Gasteiger partial charge in [0.2, 0.25) is 11.0 Å². The first kappa shape index (κ1) is 16.7. The van der Waals surface area contributed by atoms with Crippen LogP contribution in [-0.4, -0.2) is 39.3 Å². The van der Waals surface area contributed by atoms with Crippen molar-refractivity contribution in [2.24, 2.45) is 0 Å². The monoisotopic (exact) mass is 368 g/mol. The summed E-state index contributed by atoms with van der Waals surface area (Å²) >= 11 is 4.81. The number of aromatic nitrogens is 2. The van der Waals surface area contributed by atoms with Gasteiger partial charge in [-0.15, -0.1) is 21.5 Å². The number of carbonyl (C=O) groups is 1. The molecule has 1 unspecified atom stereocenters. The minimum absolute atomic E-state index is 0.137. The van der Waals surface area contributed by atoms with Gasteiger partial charge in [0.05, 0.1) is 5.25 Å². The maximum absolute atomic E-state index is 12.7. The van der Waals surface area contributed by atoms with E-state index in [1.54, 1.807) is 11.3 Å². The van der Waals surface area contributed by atoms with E-state index in [9.17, 15) is 4.79 Å². The van der Waals surface area contributed by atoms with Gasteiger partial charge in [0.25, 0.3) is 0 Å². The third-order valence-corrected chi connectivity index (χ3v) is 6.75. The Morgan fingerprint density at radius 1 is 1.52 bits per heavy atom. The van der Waals surface area contributed by atoms with E-state index in [0.717, 1.165) is 41.9 Å². The molecular weight excluding hydrogens is 348 g/mol. The molecule has 8 heteroatoms. The Morgan fingerprint density at radius 3 is 3.22 bits per heavy atom. The van der Waals surface area contributed by atoms with Gasteiger partial charge in [-0.05, 0) is 36.8 Å². The summed E-state index contributed by atoms with van der Waals surface area (Å²) in [4.78, 5) is 16.0. The quantitative estimate of drug-likeness (QED) is 0.791. The Balaban J connectivity index is 1.56. The third kappa shape index (κ3) is 4.05. The van der Waals surface area contributed by atoms with E-state index in [1.165, 1.54) is 33.5 Å². The summed E-state index contributed by atoms with van der Waals surface area (Å²) < 4.78 is 0.845. The minimum Gasteiger partial charge on any atom is -0.360 e. The molecule has 1 atom stereocenters. The summed E-state index contributed by atoms with van der Waals surface area (Å²) in [6, 6.07) is 2.13. The Bertz CT molecular complexity index is 669. The van der Waals surface area contributed by atoms with Crippen LogP contribution in [0.15, 0.2) is 15.8 Å². The lowest BCUT2D eigenvalue weighted by Gasteiger charge is -2.28. The van der Waals surface area contributed by atoms with Crippen molar-refractivity contribution >= 4 is 45.5 Å². The van der Waals surface area contributed by atoms with Crippen LogP contribution in [0.1, 0.15) is 30.7 Å². The lowest BCUT2D eigenvalue weighted by atomic mass is 10.1. The molecule has 0 saturated carbocycles. The summed E-state index contributed by atoms with van der Waals surface area (Å²) in [6.07, 6.45) is 2.02. The zero-order valence-electron chi connectivity index (χ0n) is 13.2. The molecule has 3 rings (SSSR count). The molecule has 1 N–H and O–H groups in total. The number of anilines is 1. The average Bonchev–Trinajstić information content (AvgIpc) is 3.20. The molecule has 0 bridgehead atoms. The van der Waals surface area contributed by atoms with Crippen molar-refractivity contribution in [1.82, 2.24) is 15.1 Å². The fourth-order valence-electron chi connectivity index (χ4n) is 2.46. The second kappa shape index (κ2) is 7.63. The van der Waals surface area contributed by atoms with Crippen LogP contribution in [0.2, 0.25) is 0 Å². The predicted octanol–water partition coefficient (Wildman–Crippen LogP) is 3.49. The Morgan fingerprint density at radius 2 is 2.39 bits per heavy atom. The number of nitrogens with one attached hydrogen (secondary N) is 1. The molecule has 0 saturated heterocycles. The van der Waals surface area contributed by atoms with Gasteiger partial charge in [-0.25, -0.2) is 0 Å². The normalized spacial score (nSPS) is 15.3. The van der Waals surface area contributed by atoms with Crippen molar-refractivity contribution in [1.29, 1.82) is 0 Å². The minimum atomic E-state index is -0.137. The second-order valence-electron chi connectivity index (χ2n) is 5.44. The number of fused-ring (bicyclic) bond motifs is 1. The first-order valence-electron chi connectivity index (χ1n) is 7.75. The molecule has 1 aliphatic heterocycles. The van der Waals surface area contributed by atoms with E-state index < -0.39 is 0 Å². The fraction of sp³-hybridized carbons (Fsp3) is 0.533. The Hall–Kier alpha value is -1.12. The highest BCUT2D eigenvalue weighted by molar-refractivity contribution is 8.02. The molecule has 5 nitrogen and oxygen atoms in total. The van der Waals surface area contributed by atoms with Gasteiger partial charge in [0.1, 0.15) is 0 Å². The summed E-state index contributed by atoms with van der Waals surface area (Å²) in [7, 11) is 0. The van der Waals surface area contributed by atoms with Gasteiger partial charge in [-0.2, -0.15) is 0 Å². The summed E-state index contributed by atoms with van der Waals surface area (Å²) in [6.45, 7) is 6.52. The number of amides is 1. The first-order valence-corrected chi connectivity index (χ1v) is 10.3. The van der Waals surface area contributed by atoms with E-state index in [-0.39, 0.29) is 11.2 Å². The summed E-state index contributed by atoms with van der Waals surface area (Å²) in [5.41, 5.74) is 1.30. The van der Waals surface area contributed by atoms with Crippen LogP contribution >= 0.6 is 34.4 Å². The van der Waals surface area contributed by atoms with Crippen molar-refractivity contribution in [3.63, 3.8) is 0 Å². The molecule has 0 aromatic carbocycles. The van der Waals surface area contributed by atoms with Gasteiger partial charge in [0.15, 0.2) is 4.34 Å². The van der Waals surface area contributed by atoms with E-state index in [1.807, 2.05) is 11.8 Å². The number of carbonyl (C=O) groups excluding carboxylic acids is 1. The fourth-order valence-corrected chi connectivity index (χ4v) is 5.35. The predicted molar refractivity (Wildman–Crippen MR) is 97.4 cm³/mol. The lowest BCUT2D eigenvalue weighted by Crippen LogP contribution is -2.39. The Labute approximate surface area is 148 Å². The molecule has 1 aliphatic rings. The second-order valence-corrected chi connectivity index (χ2v) is 9.00. The van der Waals surface area contributed by atoms with Gasteiger partial charge in [-0.1, -0.05) is 30.0 Å². The highest BCUT2D eigenvalue weighted by atomic mass is 32.2.